The minimum Gasteiger partial charge on any atom is -0.496 e. The lowest BCUT2D eigenvalue weighted by molar-refractivity contribution is -0.136. The number of ether oxygens (including phenoxy) is 4. The maximum atomic E-state index is 13.3. The average molecular weight is 828 g/mol. The van der Waals surface area contributed by atoms with E-state index in [-0.39, 0.29) is 80.1 Å². The van der Waals surface area contributed by atoms with Gasteiger partial charge in [-0.25, -0.2) is 9.78 Å². The first kappa shape index (κ1) is 42.9. The summed E-state index contributed by atoms with van der Waals surface area (Å²) in [5.41, 5.74) is 2.28. The molecule has 2 aliphatic heterocycles. The summed E-state index contributed by atoms with van der Waals surface area (Å²) >= 11 is 0. The molecule has 6 rings (SSSR count). The Morgan fingerprint density at radius 3 is 2.28 bits per heavy atom. The smallest absolute Gasteiger partial charge is 0.420 e. The highest BCUT2D eigenvalue weighted by Crippen LogP contribution is 2.38. The number of rotatable bonds is 17. The zero-order chi connectivity index (χ0) is 43.2. The summed E-state index contributed by atoms with van der Waals surface area (Å²) in [6, 6.07) is 8.66. The molecule has 1 unspecified atom stereocenters. The van der Waals surface area contributed by atoms with Gasteiger partial charge in [-0.3, -0.25) is 39.0 Å². The molecule has 2 aromatic heterocycles. The number of hydrogen-bond donors (Lipinski definition) is 3. The van der Waals surface area contributed by atoms with E-state index in [9.17, 15) is 38.7 Å². The van der Waals surface area contributed by atoms with Crippen molar-refractivity contribution in [2.45, 2.75) is 31.8 Å². The molecule has 3 N–H and O–H groups in total. The first-order valence-corrected chi connectivity index (χ1v) is 18.9. The van der Waals surface area contributed by atoms with E-state index < -0.39 is 41.7 Å². The van der Waals surface area contributed by atoms with Gasteiger partial charge in [-0.2, -0.15) is 4.90 Å². The Labute approximate surface area is 343 Å². The molecular weight excluding hydrogens is 782 g/mol. The zero-order valence-corrected chi connectivity index (χ0v) is 33.7. The number of nitrogens with one attached hydrogen (secondary N) is 2. The number of aryl methyl sites for hydroxylation is 1. The van der Waals surface area contributed by atoms with Crippen LogP contribution in [0.4, 0.5) is 16.3 Å². The normalized spacial score (nSPS) is 15.0. The summed E-state index contributed by atoms with van der Waals surface area (Å²) < 4.78 is 23.9. The Morgan fingerprint density at radius 1 is 0.933 bits per heavy atom. The molecule has 0 spiro atoms. The van der Waals surface area contributed by atoms with Gasteiger partial charge < -0.3 is 38.8 Å². The van der Waals surface area contributed by atoms with Crippen molar-refractivity contribution in [1.82, 2.24) is 24.7 Å². The van der Waals surface area contributed by atoms with Crippen LogP contribution in [0.1, 0.15) is 45.5 Å². The minimum atomic E-state index is -1.57. The van der Waals surface area contributed by atoms with Gasteiger partial charge in [0.15, 0.2) is 0 Å². The Bertz CT molecular complexity index is 2410. The molecule has 19 heteroatoms. The molecule has 2 aliphatic rings. The van der Waals surface area contributed by atoms with Crippen molar-refractivity contribution >= 4 is 57.9 Å². The first-order valence-electron chi connectivity index (χ1n) is 18.9. The number of methoxy groups -OCH3 is 2. The highest BCUT2D eigenvalue weighted by atomic mass is 16.5. The third-order valence-corrected chi connectivity index (χ3v) is 9.98. The van der Waals surface area contributed by atoms with Crippen LogP contribution < -0.4 is 30.6 Å². The number of amides is 6. The number of anilines is 2. The molecule has 0 saturated carbocycles. The Balaban J connectivity index is 1.04. The minimum absolute atomic E-state index is 0.0166. The summed E-state index contributed by atoms with van der Waals surface area (Å²) in [7, 11) is 8.50. The van der Waals surface area contributed by atoms with Crippen molar-refractivity contribution in [3.63, 3.8) is 0 Å². The number of carboxylic acid groups (broad SMARTS) is 1. The van der Waals surface area contributed by atoms with Crippen LogP contribution in [0.3, 0.4) is 0 Å². The largest absolute Gasteiger partial charge is 0.496 e. The van der Waals surface area contributed by atoms with Crippen LogP contribution in [0.2, 0.25) is 0 Å². The number of fused-ring (bicyclic) bond motifs is 2. The number of carbonyl (C=O) groups is 6. The van der Waals surface area contributed by atoms with E-state index in [0.29, 0.717) is 45.1 Å². The number of hydrogen-bond acceptors (Lipinski definition) is 14. The number of benzene rings is 2. The van der Waals surface area contributed by atoms with E-state index in [4.69, 9.17) is 18.9 Å². The fourth-order valence-corrected chi connectivity index (χ4v) is 7.16. The Morgan fingerprint density at radius 2 is 1.63 bits per heavy atom. The monoisotopic (exact) mass is 827 g/mol. The fourth-order valence-electron chi connectivity index (χ4n) is 7.16. The third-order valence-electron chi connectivity index (χ3n) is 9.98. The second-order valence-electron chi connectivity index (χ2n) is 14.2. The van der Waals surface area contributed by atoms with Crippen molar-refractivity contribution in [2.75, 3.05) is 71.5 Å². The summed E-state index contributed by atoms with van der Waals surface area (Å²) in [4.78, 5) is 96.7. The topological polar surface area (TPSA) is 228 Å². The molecule has 0 bridgehead atoms. The predicted molar refractivity (Wildman–Crippen MR) is 216 cm³/mol. The summed E-state index contributed by atoms with van der Waals surface area (Å²) in [5.74, 6) is -2.30. The van der Waals surface area contributed by atoms with Gasteiger partial charge in [0.2, 0.25) is 17.7 Å². The molecule has 1 saturated heterocycles. The number of pyridine rings is 2. The SMILES string of the molecule is COc1cc(-c2cn(C)c(=O)c3cnc(N(C(=O)O)C(=O)CCOCCOCCNc4cccc5c4C(=O)N(C4CCC(=O)NC4=O)C5=O)cc23)cc(OC)c1CN(C)C. The molecule has 19 nitrogen and oxygen atoms in total. The standard InChI is InChI=1S/C41H45N7O12/c1-45(2)21-28-31(57-4)17-23(18-32(28)58-5)27-22-46(3)38(52)26-20-43-33(19-25(26)27)48(41(55)56)35(50)11-13-59-15-16-60-14-12-42-29-8-6-7-24-36(29)40(54)47(39(24)53)30-9-10-34(49)44-37(30)51/h6-8,17-20,22,30,42H,9-16,21H2,1-5H3,(H,55,56)(H,44,49,51). The van der Waals surface area contributed by atoms with Crippen LogP contribution in [0.15, 0.2) is 53.6 Å². The fraction of sp³-hybridized carbons (Fsp3) is 0.366. The van der Waals surface area contributed by atoms with E-state index >= 15 is 0 Å². The van der Waals surface area contributed by atoms with E-state index in [1.807, 2.05) is 19.0 Å². The highest BCUT2D eigenvalue weighted by molar-refractivity contribution is 6.25. The van der Waals surface area contributed by atoms with Crippen LogP contribution in [0.5, 0.6) is 11.5 Å². The molecule has 1 fully saturated rings. The lowest BCUT2D eigenvalue weighted by Gasteiger charge is -2.27. The van der Waals surface area contributed by atoms with Crippen LogP contribution in [-0.2, 0) is 37.4 Å². The summed E-state index contributed by atoms with van der Waals surface area (Å²) in [6.07, 6.45) is 1.05. The predicted octanol–water partition coefficient (Wildman–Crippen LogP) is 2.63. The summed E-state index contributed by atoms with van der Waals surface area (Å²) in [6.45, 7) is 1.03. The quantitative estimate of drug-likeness (QED) is 0.103. The van der Waals surface area contributed by atoms with Crippen molar-refractivity contribution in [1.29, 1.82) is 0 Å². The molecule has 60 heavy (non-hydrogen) atoms. The number of imide groups is 3. The van der Waals surface area contributed by atoms with Crippen molar-refractivity contribution in [3.05, 3.63) is 75.8 Å². The van der Waals surface area contributed by atoms with Crippen molar-refractivity contribution < 1.29 is 52.8 Å². The van der Waals surface area contributed by atoms with Crippen LogP contribution in [0.25, 0.3) is 21.9 Å². The molecule has 2 aromatic carbocycles. The molecular formula is C41H45N7O12. The number of nitrogens with zero attached hydrogens (tertiary/aromatic N) is 5. The number of piperidine rings is 1. The Hall–Kier alpha value is -6.70. The van der Waals surface area contributed by atoms with Gasteiger partial charge in [0, 0.05) is 55.6 Å². The molecule has 0 aliphatic carbocycles. The van der Waals surface area contributed by atoms with E-state index in [1.54, 1.807) is 51.7 Å². The van der Waals surface area contributed by atoms with Crippen molar-refractivity contribution in [3.8, 4) is 22.6 Å². The molecule has 316 valence electrons. The second-order valence-corrected chi connectivity index (χ2v) is 14.2. The maximum Gasteiger partial charge on any atom is 0.420 e. The van der Waals surface area contributed by atoms with E-state index in [0.717, 1.165) is 10.5 Å². The molecule has 4 aromatic rings. The molecule has 0 radical (unpaired) electrons. The van der Waals surface area contributed by atoms with E-state index in [1.165, 1.54) is 22.9 Å². The van der Waals surface area contributed by atoms with Gasteiger partial charge in [0.05, 0.1) is 69.1 Å². The number of aromatic nitrogens is 2. The maximum absolute atomic E-state index is 13.3. The van der Waals surface area contributed by atoms with Gasteiger partial charge in [0.25, 0.3) is 17.4 Å². The Kier molecular flexibility index (Phi) is 13.2. The van der Waals surface area contributed by atoms with Crippen molar-refractivity contribution in [2.24, 2.45) is 7.05 Å². The third kappa shape index (κ3) is 8.82. The van der Waals surface area contributed by atoms with Gasteiger partial charge in [0.1, 0.15) is 23.4 Å². The van der Waals surface area contributed by atoms with Gasteiger partial charge in [-0.1, -0.05) is 6.07 Å². The first-order chi connectivity index (χ1) is 28.7. The van der Waals surface area contributed by atoms with Crippen LogP contribution >= 0.6 is 0 Å². The molecule has 1 atom stereocenters. The van der Waals surface area contributed by atoms with Crippen LogP contribution in [-0.4, -0.2) is 127 Å². The van der Waals surface area contributed by atoms with Gasteiger partial charge >= 0.3 is 6.09 Å². The summed E-state index contributed by atoms with van der Waals surface area (Å²) in [5, 5.41) is 15.9. The second kappa shape index (κ2) is 18.5. The molecule has 6 amide bonds. The highest BCUT2D eigenvalue weighted by Gasteiger charge is 2.45. The molecule has 4 heterocycles. The van der Waals surface area contributed by atoms with Crippen LogP contribution in [0, 0.1) is 0 Å². The zero-order valence-electron chi connectivity index (χ0n) is 33.7. The number of carbonyl (C=O) groups excluding carboxylic acids is 5. The van der Waals surface area contributed by atoms with E-state index in [2.05, 4.69) is 15.6 Å². The lowest BCUT2D eigenvalue weighted by atomic mass is 9.98. The average Bonchev–Trinajstić information content (AvgIpc) is 3.47. The van der Waals surface area contributed by atoms with Gasteiger partial charge in [-0.05, 0) is 56.4 Å². The lowest BCUT2D eigenvalue weighted by Crippen LogP contribution is -2.54. The van der Waals surface area contributed by atoms with Gasteiger partial charge in [-0.15, -0.1) is 0 Å².